The molecule has 0 bridgehead atoms. The maximum atomic E-state index is 12.1. The largest absolute Gasteiger partial charge is 0.325 e. The third-order valence-electron chi connectivity index (χ3n) is 2.70. The fourth-order valence-electron chi connectivity index (χ4n) is 1.74. The summed E-state index contributed by atoms with van der Waals surface area (Å²) >= 11 is 3.34. The average Bonchev–Trinajstić information content (AvgIpc) is 2.35. The fourth-order valence-corrected chi connectivity index (χ4v) is 2.26. The van der Waals surface area contributed by atoms with Gasteiger partial charge in [-0.2, -0.15) is 0 Å². The smallest absolute Gasteiger partial charge is 0.321 e. The van der Waals surface area contributed by atoms with Crippen molar-refractivity contribution < 1.29 is 4.79 Å². The lowest BCUT2D eigenvalue weighted by Gasteiger charge is -2.22. The van der Waals surface area contributed by atoms with Crippen molar-refractivity contribution in [2.45, 2.75) is 26.7 Å². The number of aromatic nitrogens is 1. The Morgan fingerprint density at radius 2 is 1.95 bits per heavy atom. The first-order chi connectivity index (χ1) is 8.99. The minimum Gasteiger partial charge on any atom is -0.325 e. The Morgan fingerprint density at radius 3 is 2.47 bits per heavy atom. The van der Waals surface area contributed by atoms with Gasteiger partial charge in [0.1, 0.15) is 0 Å². The van der Waals surface area contributed by atoms with E-state index in [1.807, 2.05) is 13.8 Å². The Kier molecular flexibility index (Phi) is 6.08. The molecule has 0 unspecified atom stereocenters. The number of amides is 2. The van der Waals surface area contributed by atoms with E-state index in [-0.39, 0.29) is 11.6 Å². The predicted octanol–water partition coefficient (Wildman–Crippen LogP) is 2.80. The van der Waals surface area contributed by atoms with Crippen LogP contribution in [-0.4, -0.2) is 28.6 Å². The van der Waals surface area contributed by atoms with Crippen LogP contribution < -0.4 is 10.9 Å². The number of halogens is 1. The zero-order valence-corrected chi connectivity index (χ0v) is 13.2. The van der Waals surface area contributed by atoms with Crippen molar-refractivity contribution in [3.05, 3.63) is 27.1 Å². The minimum absolute atomic E-state index is 0.156. The lowest BCUT2D eigenvalue weighted by atomic mass is 10.3. The molecule has 0 saturated carbocycles. The number of nitrogens with zero attached hydrogens (tertiary/aromatic N) is 2. The second kappa shape index (κ2) is 7.33. The quantitative estimate of drug-likeness (QED) is 0.903. The van der Waals surface area contributed by atoms with Crippen LogP contribution >= 0.6 is 15.9 Å². The maximum Gasteiger partial charge on any atom is 0.321 e. The molecule has 0 radical (unpaired) electrons. The second-order valence-electron chi connectivity index (χ2n) is 4.40. The van der Waals surface area contributed by atoms with E-state index in [0.717, 1.165) is 12.8 Å². The Morgan fingerprint density at radius 1 is 1.37 bits per heavy atom. The first kappa shape index (κ1) is 15.8. The third-order valence-corrected chi connectivity index (χ3v) is 3.33. The molecule has 1 heterocycles. The summed E-state index contributed by atoms with van der Waals surface area (Å²) in [6.45, 7) is 5.48. The first-order valence-corrected chi connectivity index (χ1v) is 7.21. The molecular formula is C13H20BrN3O2. The van der Waals surface area contributed by atoms with Crippen molar-refractivity contribution in [2.24, 2.45) is 7.05 Å². The molecule has 0 saturated heterocycles. The Hall–Kier alpha value is -1.30. The van der Waals surface area contributed by atoms with Crippen molar-refractivity contribution in [2.75, 3.05) is 18.4 Å². The van der Waals surface area contributed by atoms with Crippen LogP contribution in [0.1, 0.15) is 26.7 Å². The Bertz CT molecular complexity index is 493. The normalized spacial score (nSPS) is 10.3. The molecule has 2 amide bonds. The van der Waals surface area contributed by atoms with Gasteiger partial charge < -0.3 is 14.8 Å². The molecule has 1 aromatic rings. The monoisotopic (exact) mass is 329 g/mol. The molecule has 106 valence electrons. The van der Waals surface area contributed by atoms with Crippen LogP contribution in [0, 0.1) is 0 Å². The molecule has 0 aliphatic heterocycles. The van der Waals surface area contributed by atoms with Gasteiger partial charge in [-0.3, -0.25) is 4.79 Å². The number of hydrogen-bond acceptors (Lipinski definition) is 2. The summed E-state index contributed by atoms with van der Waals surface area (Å²) in [6, 6.07) is 1.25. The van der Waals surface area contributed by atoms with Gasteiger partial charge >= 0.3 is 6.03 Å². The number of aryl methyl sites for hydroxylation is 1. The highest BCUT2D eigenvalue weighted by Gasteiger charge is 2.13. The number of nitrogens with one attached hydrogen (secondary N) is 1. The molecule has 1 aromatic heterocycles. The molecule has 19 heavy (non-hydrogen) atoms. The van der Waals surface area contributed by atoms with E-state index in [0.29, 0.717) is 23.2 Å². The number of pyridine rings is 1. The van der Waals surface area contributed by atoms with Crippen LogP contribution in [0.4, 0.5) is 10.5 Å². The van der Waals surface area contributed by atoms with Crippen molar-refractivity contribution in [1.29, 1.82) is 0 Å². The molecule has 0 aliphatic carbocycles. The molecule has 0 aliphatic rings. The zero-order valence-electron chi connectivity index (χ0n) is 11.6. The molecule has 1 N–H and O–H groups in total. The summed E-state index contributed by atoms with van der Waals surface area (Å²) in [5.41, 5.74) is 0.348. The Balaban J connectivity index is 2.86. The molecule has 0 aromatic carbocycles. The van der Waals surface area contributed by atoms with Crippen LogP contribution in [-0.2, 0) is 7.05 Å². The minimum atomic E-state index is -0.169. The van der Waals surface area contributed by atoms with Gasteiger partial charge in [-0.05, 0) is 28.8 Å². The van der Waals surface area contributed by atoms with E-state index >= 15 is 0 Å². The molecule has 0 atom stereocenters. The SMILES string of the molecule is CCCN(CCC)C(=O)Nc1cc(=O)n(C)cc1Br. The van der Waals surface area contributed by atoms with E-state index in [1.54, 1.807) is 18.1 Å². The van der Waals surface area contributed by atoms with E-state index < -0.39 is 0 Å². The van der Waals surface area contributed by atoms with Crippen LogP contribution in [0.3, 0.4) is 0 Å². The number of hydrogen-bond donors (Lipinski definition) is 1. The van der Waals surface area contributed by atoms with Crippen molar-refractivity contribution in [3.63, 3.8) is 0 Å². The summed E-state index contributed by atoms with van der Waals surface area (Å²) < 4.78 is 2.14. The van der Waals surface area contributed by atoms with E-state index in [2.05, 4.69) is 21.2 Å². The molecular weight excluding hydrogens is 310 g/mol. The van der Waals surface area contributed by atoms with E-state index in [4.69, 9.17) is 0 Å². The van der Waals surface area contributed by atoms with E-state index in [9.17, 15) is 9.59 Å². The van der Waals surface area contributed by atoms with Crippen LogP contribution in [0.5, 0.6) is 0 Å². The summed E-state index contributed by atoms with van der Waals surface area (Å²) in [6.07, 6.45) is 3.46. The highest BCUT2D eigenvalue weighted by Crippen LogP contribution is 2.19. The fraction of sp³-hybridized carbons (Fsp3) is 0.538. The highest BCUT2D eigenvalue weighted by atomic mass is 79.9. The van der Waals surface area contributed by atoms with Gasteiger partial charge in [-0.25, -0.2) is 4.79 Å². The second-order valence-corrected chi connectivity index (χ2v) is 5.26. The summed E-state index contributed by atoms with van der Waals surface area (Å²) in [5.74, 6) is 0. The number of carbonyl (C=O) groups is 1. The Labute approximate surface area is 121 Å². The van der Waals surface area contributed by atoms with Gasteiger partial charge in [0.2, 0.25) is 0 Å². The topological polar surface area (TPSA) is 54.3 Å². The lowest BCUT2D eigenvalue weighted by molar-refractivity contribution is 0.211. The van der Waals surface area contributed by atoms with Crippen LogP contribution in [0.15, 0.2) is 21.5 Å². The lowest BCUT2D eigenvalue weighted by Crippen LogP contribution is -2.36. The van der Waals surface area contributed by atoms with Crippen LogP contribution in [0.2, 0.25) is 0 Å². The van der Waals surface area contributed by atoms with Crippen LogP contribution in [0.25, 0.3) is 0 Å². The third kappa shape index (κ3) is 4.38. The van der Waals surface area contributed by atoms with Gasteiger partial charge in [0.25, 0.3) is 5.56 Å². The standard InChI is InChI=1S/C13H20BrN3O2/c1-4-6-17(7-5-2)13(19)15-11-8-12(18)16(3)9-10(11)14/h8-9H,4-7H2,1-3H3,(H,15,19). The summed E-state index contributed by atoms with van der Waals surface area (Å²) in [4.78, 5) is 25.5. The van der Waals surface area contributed by atoms with Gasteiger partial charge in [0.05, 0.1) is 10.2 Å². The molecule has 0 fully saturated rings. The summed E-state index contributed by atoms with van der Waals surface area (Å²) in [5, 5.41) is 2.77. The summed E-state index contributed by atoms with van der Waals surface area (Å²) in [7, 11) is 1.67. The maximum absolute atomic E-state index is 12.1. The molecule has 5 nitrogen and oxygen atoms in total. The van der Waals surface area contributed by atoms with Gasteiger partial charge in [0, 0.05) is 32.4 Å². The molecule has 0 spiro atoms. The van der Waals surface area contributed by atoms with Gasteiger partial charge in [-0.15, -0.1) is 0 Å². The first-order valence-electron chi connectivity index (χ1n) is 6.41. The number of rotatable bonds is 5. The molecule has 1 rings (SSSR count). The highest BCUT2D eigenvalue weighted by molar-refractivity contribution is 9.10. The number of anilines is 1. The van der Waals surface area contributed by atoms with Crippen molar-refractivity contribution in [3.8, 4) is 0 Å². The predicted molar refractivity (Wildman–Crippen MR) is 80.6 cm³/mol. The number of carbonyl (C=O) groups excluding carboxylic acids is 1. The van der Waals surface area contributed by atoms with E-state index in [1.165, 1.54) is 10.6 Å². The number of urea groups is 1. The van der Waals surface area contributed by atoms with Gasteiger partial charge in [0.15, 0.2) is 0 Å². The van der Waals surface area contributed by atoms with Crippen molar-refractivity contribution >= 4 is 27.6 Å². The van der Waals surface area contributed by atoms with Crippen molar-refractivity contribution in [1.82, 2.24) is 9.47 Å². The zero-order chi connectivity index (χ0) is 14.4. The van der Waals surface area contributed by atoms with Gasteiger partial charge in [-0.1, -0.05) is 13.8 Å². The average molecular weight is 330 g/mol. The molecule has 6 heteroatoms.